The van der Waals surface area contributed by atoms with Gasteiger partial charge >= 0.3 is 0 Å². The highest BCUT2D eigenvalue weighted by Gasteiger charge is 2.13. The van der Waals surface area contributed by atoms with Gasteiger partial charge in [-0.15, -0.1) is 0 Å². The van der Waals surface area contributed by atoms with Crippen LogP contribution in [-0.4, -0.2) is 16.6 Å². The van der Waals surface area contributed by atoms with E-state index in [0.717, 1.165) is 0 Å². The molecule has 1 unspecified atom stereocenters. The van der Waals surface area contributed by atoms with Gasteiger partial charge in [-0.2, -0.15) is 0 Å². The molecule has 0 saturated carbocycles. The highest BCUT2D eigenvalue weighted by Crippen LogP contribution is 2.27. The van der Waals surface area contributed by atoms with Crippen LogP contribution in [0.3, 0.4) is 0 Å². The van der Waals surface area contributed by atoms with Crippen molar-refractivity contribution in [2.75, 3.05) is 6.61 Å². The number of rotatable bonds is 3. The van der Waals surface area contributed by atoms with Crippen molar-refractivity contribution >= 4 is 17.3 Å². The Hall–Kier alpha value is -1.13. The smallest absolute Gasteiger partial charge is 0.269 e. The number of non-ortho nitro benzene ring substituents is 1. The number of benzene rings is 1. The average molecular weight is 216 g/mol. The molecule has 0 fully saturated rings. The molecule has 1 atom stereocenters. The van der Waals surface area contributed by atoms with Crippen molar-refractivity contribution in [1.29, 1.82) is 0 Å². The van der Waals surface area contributed by atoms with E-state index in [1.54, 1.807) is 6.92 Å². The number of hydrogen-bond donors (Lipinski definition) is 1. The molecule has 0 aliphatic carbocycles. The standard InChI is InChI=1S/C9H10ClNO3/c1-6(5-12)8-4-7(11(13)14)2-3-9(8)10/h2-4,6,12H,5H2,1H3. The van der Waals surface area contributed by atoms with Crippen molar-refractivity contribution in [3.63, 3.8) is 0 Å². The molecular formula is C9H10ClNO3. The lowest BCUT2D eigenvalue weighted by molar-refractivity contribution is -0.384. The first-order valence-corrected chi connectivity index (χ1v) is 4.48. The van der Waals surface area contributed by atoms with E-state index in [9.17, 15) is 10.1 Å². The lowest BCUT2D eigenvalue weighted by Gasteiger charge is -2.09. The number of halogens is 1. The Labute approximate surface area is 86.3 Å². The maximum Gasteiger partial charge on any atom is 0.269 e. The third-order valence-corrected chi connectivity index (χ3v) is 2.34. The fourth-order valence-corrected chi connectivity index (χ4v) is 1.42. The van der Waals surface area contributed by atoms with E-state index in [1.165, 1.54) is 18.2 Å². The van der Waals surface area contributed by atoms with Gasteiger partial charge in [0.25, 0.3) is 5.69 Å². The van der Waals surface area contributed by atoms with Crippen molar-refractivity contribution in [1.82, 2.24) is 0 Å². The summed E-state index contributed by atoms with van der Waals surface area (Å²) in [6.45, 7) is 1.67. The normalized spacial score (nSPS) is 12.5. The van der Waals surface area contributed by atoms with Gasteiger partial charge in [0.15, 0.2) is 0 Å². The molecule has 0 spiro atoms. The van der Waals surface area contributed by atoms with Crippen molar-refractivity contribution < 1.29 is 10.0 Å². The summed E-state index contributed by atoms with van der Waals surface area (Å²) in [6.07, 6.45) is 0. The predicted molar refractivity (Wildman–Crippen MR) is 53.6 cm³/mol. The van der Waals surface area contributed by atoms with E-state index in [2.05, 4.69) is 0 Å². The predicted octanol–water partition coefficient (Wildman–Crippen LogP) is 2.34. The summed E-state index contributed by atoms with van der Waals surface area (Å²) >= 11 is 5.84. The van der Waals surface area contributed by atoms with Gasteiger partial charge in [0, 0.05) is 29.7 Å². The minimum atomic E-state index is -0.482. The van der Waals surface area contributed by atoms with Gasteiger partial charge in [-0.1, -0.05) is 18.5 Å². The summed E-state index contributed by atoms with van der Waals surface area (Å²) in [5.74, 6) is -0.192. The zero-order chi connectivity index (χ0) is 10.7. The van der Waals surface area contributed by atoms with Gasteiger partial charge in [-0.25, -0.2) is 0 Å². The lowest BCUT2D eigenvalue weighted by atomic mass is 10.0. The molecule has 0 aliphatic heterocycles. The summed E-state index contributed by atoms with van der Waals surface area (Å²) in [7, 11) is 0. The van der Waals surface area contributed by atoms with Crippen LogP contribution in [0, 0.1) is 10.1 Å². The second kappa shape index (κ2) is 4.39. The van der Waals surface area contributed by atoms with Crippen LogP contribution in [0.15, 0.2) is 18.2 Å². The van der Waals surface area contributed by atoms with Gasteiger partial charge in [0.05, 0.1) is 4.92 Å². The van der Waals surface area contributed by atoms with Gasteiger partial charge in [-0.3, -0.25) is 10.1 Å². The number of hydrogen-bond acceptors (Lipinski definition) is 3. The van der Waals surface area contributed by atoms with E-state index in [-0.39, 0.29) is 18.2 Å². The maximum atomic E-state index is 10.5. The Morgan fingerprint density at radius 3 is 2.79 bits per heavy atom. The van der Waals surface area contributed by atoms with Crippen LogP contribution in [0.25, 0.3) is 0 Å². The Morgan fingerprint density at radius 1 is 1.64 bits per heavy atom. The molecule has 0 aromatic heterocycles. The molecule has 0 aliphatic rings. The van der Waals surface area contributed by atoms with Crippen LogP contribution in [0.5, 0.6) is 0 Å². The molecule has 76 valence electrons. The Balaban J connectivity index is 3.14. The van der Waals surface area contributed by atoms with E-state index in [0.29, 0.717) is 10.6 Å². The summed E-state index contributed by atoms with van der Waals surface area (Å²) in [5, 5.41) is 19.8. The number of nitro groups is 1. The van der Waals surface area contributed by atoms with Crippen molar-refractivity contribution in [2.24, 2.45) is 0 Å². The van der Waals surface area contributed by atoms with Crippen LogP contribution < -0.4 is 0 Å². The Morgan fingerprint density at radius 2 is 2.29 bits per heavy atom. The zero-order valence-electron chi connectivity index (χ0n) is 7.61. The first-order chi connectivity index (χ1) is 6.56. The minimum Gasteiger partial charge on any atom is -0.396 e. The second-order valence-corrected chi connectivity index (χ2v) is 3.45. The molecule has 1 aromatic rings. The fourth-order valence-electron chi connectivity index (χ4n) is 1.12. The zero-order valence-corrected chi connectivity index (χ0v) is 8.36. The van der Waals surface area contributed by atoms with Gasteiger partial charge in [0.2, 0.25) is 0 Å². The summed E-state index contributed by atoms with van der Waals surface area (Å²) < 4.78 is 0. The molecule has 1 N–H and O–H groups in total. The maximum absolute atomic E-state index is 10.5. The molecule has 0 heterocycles. The monoisotopic (exact) mass is 215 g/mol. The Bertz CT molecular complexity index is 354. The highest BCUT2D eigenvalue weighted by atomic mass is 35.5. The number of nitro benzene ring substituents is 1. The summed E-state index contributed by atoms with van der Waals surface area (Å²) in [5.41, 5.74) is 0.591. The molecule has 4 nitrogen and oxygen atoms in total. The van der Waals surface area contributed by atoms with E-state index < -0.39 is 4.92 Å². The molecule has 14 heavy (non-hydrogen) atoms. The molecular weight excluding hydrogens is 206 g/mol. The number of nitrogens with zero attached hydrogens (tertiary/aromatic N) is 1. The summed E-state index contributed by atoms with van der Waals surface area (Å²) in [4.78, 5) is 9.99. The third kappa shape index (κ3) is 2.21. The molecule has 5 heteroatoms. The average Bonchev–Trinajstić information content (AvgIpc) is 2.17. The molecule has 1 aromatic carbocycles. The first kappa shape index (κ1) is 10.9. The fraction of sp³-hybridized carbons (Fsp3) is 0.333. The number of aliphatic hydroxyl groups excluding tert-OH is 1. The quantitative estimate of drug-likeness (QED) is 0.622. The second-order valence-electron chi connectivity index (χ2n) is 3.05. The van der Waals surface area contributed by atoms with Crippen molar-refractivity contribution in [3.8, 4) is 0 Å². The molecule has 0 saturated heterocycles. The van der Waals surface area contributed by atoms with Crippen LogP contribution in [0.2, 0.25) is 5.02 Å². The van der Waals surface area contributed by atoms with Gasteiger partial charge in [0.1, 0.15) is 0 Å². The largest absolute Gasteiger partial charge is 0.396 e. The van der Waals surface area contributed by atoms with Crippen LogP contribution in [0.4, 0.5) is 5.69 Å². The molecule has 0 amide bonds. The first-order valence-electron chi connectivity index (χ1n) is 4.11. The SMILES string of the molecule is CC(CO)c1cc([N+](=O)[O-])ccc1Cl. The molecule has 0 bridgehead atoms. The van der Waals surface area contributed by atoms with E-state index >= 15 is 0 Å². The molecule has 0 radical (unpaired) electrons. The molecule has 1 rings (SSSR count). The highest BCUT2D eigenvalue weighted by molar-refractivity contribution is 6.31. The van der Waals surface area contributed by atoms with Crippen molar-refractivity contribution in [3.05, 3.63) is 38.9 Å². The number of aliphatic hydroxyl groups is 1. The van der Waals surface area contributed by atoms with Gasteiger partial charge in [-0.05, 0) is 11.6 Å². The Kier molecular flexibility index (Phi) is 3.43. The lowest BCUT2D eigenvalue weighted by Crippen LogP contribution is -2.00. The summed E-state index contributed by atoms with van der Waals surface area (Å²) in [6, 6.07) is 4.21. The van der Waals surface area contributed by atoms with E-state index in [4.69, 9.17) is 16.7 Å². The minimum absolute atomic E-state index is 0.00954. The topological polar surface area (TPSA) is 63.4 Å². The van der Waals surface area contributed by atoms with Crippen LogP contribution in [-0.2, 0) is 0 Å². The van der Waals surface area contributed by atoms with Gasteiger partial charge < -0.3 is 5.11 Å². The van der Waals surface area contributed by atoms with E-state index in [1.807, 2.05) is 0 Å². The van der Waals surface area contributed by atoms with Crippen LogP contribution >= 0.6 is 11.6 Å². The van der Waals surface area contributed by atoms with Crippen molar-refractivity contribution in [2.45, 2.75) is 12.8 Å². The van der Waals surface area contributed by atoms with Crippen LogP contribution in [0.1, 0.15) is 18.4 Å². The third-order valence-electron chi connectivity index (χ3n) is 2.00.